The van der Waals surface area contributed by atoms with E-state index < -0.39 is 0 Å². The number of ether oxygens (including phenoxy) is 1. The maximum Gasteiger partial charge on any atom is 0.225 e. The molecule has 0 aliphatic carbocycles. The van der Waals surface area contributed by atoms with Crippen molar-refractivity contribution in [3.63, 3.8) is 0 Å². The number of nitrogens with zero attached hydrogens (tertiary/aromatic N) is 2. The van der Waals surface area contributed by atoms with E-state index >= 15 is 0 Å². The average molecular weight is 530 g/mol. The molecule has 7 heteroatoms. The van der Waals surface area contributed by atoms with Crippen LogP contribution in [0.25, 0.3) is 0 Å². The Hall–Kier alpha value is -1.51. The van der Waals surface area contributed by atoms with Gasteiger partial charge in [-0.1, -0.05) is 32.0 Å². The number of amides is 1. The van der Waals surface area contributed by atoms with E-state index in [1.54, 1.807) is 7.05 Å². The minimum absolute atomic E-state index is 0. The number of benzene rings is 1. The summed E-state index contributed by atoms with van der Waals surface area (Å²) in [6.45, 7) is 10.6. The highest BCUT2D eigenvalue weighted by atomic mass is 127. The molecule has 0 spiro atoms. The monoisotopic (exact) mass is 530 g/mol. The van der Waals surface area contributed by atoms with E-state index in [1.165, 1.54) is 0 Å². The summed E-state index contributed by atoms with van der Waals surface area (Å²) in [5.41, 5.74) is 1.14. The first-order valence-electron chi connectivity index (χ1n) is 11.0. The smallest absolute Gasteiger partial charge is 0.225 e. The Balaban J connectivity index is 0.00000450. The van der Waals surface area contributed by atoms with Crippen molar-refractivity contribution in [3.05, 3.63) is 29.8 Å². The van der Waals surface area contributed by atoms with Gasteiger partial charge in [0.2, 0.25) is 5.91 Å². The molecular formula is C23H39IN4O2. The summed E-state index contributed by atoms with van der Waals surface area (Å²) in [6, 6.07) is 8.38. The number of aryl methyl sites for hydroxylation is 1. The fourth-order valence-electron chi connectivity index (χ4n) is 3.72. The number of aliphatic imine (C=N–C) groups is 1. The van der Waals surface area contributed by atoms with Gasteiger partial charge in [-0.25, -0.2) is 0 Å². The molecule has 1 aromatic rings. The van der Waals surface area contributed by atoms with Gasteiger partial charge in [-0.3, -0.25) is 9.79 Å². The van der Waals surface area contributed by atoms with Gasteiger partial charge in [-0.15, -0.1) is 24.0 Å². The van der Waals surface area contributed by atoms with Crippen molar-refractivity contribution in [3.8, 4) is 5.75 Å². The van der Waals surface area contributed by atoms with Crippen LogP contribution in [-0.2, 0) is 4.79 Å². The molecule has 1 aromatic carbocycles. The average Bonchev–Trinajstić information content (AvgIpc) is 2.74. The maximum absolute atomic E-state index is 12.6. The summed E-state index contributed by atoms with van der Waals surface area (Å²) in [6.07, 6.45) is 3.76. The van der Waals surface area contributed by atoms with Gasteiger partial charge in [0.05, 0.1) is 6.54 Å². The van der Waals surface area contributed by atoms with E-state index in [2.05, 4.69) is 49.4 Å². The van der Waals surface area contributed by atoms with Crippen molar-refractivity contribution in [2.45, 2.75) is 65.5 Å². The predicted molar refractivity (Wildman–Crippen MR) is 135 cm³/mol. The third-order valence-corrected chi connectivity index (χ3v) is 5.68. The number of para-hydroxylation sites is 1. The molecule has 0 radical (unpaired) electrons. The Kier molecular flexibility index (Phi) is 12.1. The van der Waals surface area contributed by atoms with Gasteiger partial charge in [0, 0.05) is 32.1 Å². The number of halogens is 1. The number of nitrogens with one attached hydrogen (secondary N) is 2. The lowest BCUT2D eigenvalue weighted by Crippen LogP contribution is -2.51. The van der Waals surface area contributed by atoms with Crippen LogP contribution in [0.5, 0.6) is 5.75 Å². The summed E-state index contributed by atoms with van der Waals surface area (Å²) in [5, 5.41) is 6.86. The van der Waals surface area contributed by atoms with Crippen LogP contribution in [-0.4, -0.2) is 55.6 Å². The zero-order chi connectivity index (χ0) is 21.2. The third-order valence-electron chi connectivity index (χ3n) is 5.68. The van der Waals surface area contributed by atoms with Gasteiger partial charge in [0.1, 0.15) is 11.9 Å². The molecule has 2 rings (SSSR count). The maximum atomic E-state index is 12.6. The molecule has 1 aliphatic heterocycles. The number of carbonyl (C=O) groups excluding carboxylic acids is 1. The third kappa shape index (κ3) is 7.96. The molecular weight excluding hydrogens is 491 g/mol. The summed E-state index contributed by atoms with van der Waals surface area (Å²) in [5.74, 6) is 2.19. The van der Waals surface area contributed by atoms with Crippen molar-refractivity contribution >= 4 is 35.8 Å². The van der Waals surface area contributed by atoms with Crippen LogP contribution in [0.4, 0.5) is 0 Å². The van der Waals surface area contributed by atoms with Crippen molar-refractivity contribution in [1.29, 1.82) is 0 Å². The quantitative estimate of drug-likeness (QED) is 0.303. The first kappa shape index (κ1) is 26.5. The number of piperidine rings is 1. The molecule has 1 amide bonds. The topological polar surface area (TPSA) is 66.0 Å². The molecule has 2 N–H and O–H groups in total. The molecule has 1 fully saturated rings. The fourth-order valence-corrected chi connectivity index (χ4v) is 3.72. The number of hydrogen-bond donors (Lipinski definition) is 2. The summed E-state index contributed by atoms with van der Waals surface area (Å²) in [7, 11) is 1.79. The van der Waals surface area contributed by atoms with E-state index in [-0.39, 0.29) is 36.0 Å². The minimum Gasteiger partial charge on any atom is -0.489 e. The molecule has 6 nitrogen and oxygen atoms in total. The van der Waals surface area contributed by atoms with Gasteiger partial charge in [-0.2, -0.15) is 0 Å². The van der Waals surface area contributed by atoms with Gasteiger partial charge in [-0.05, 0) is 51.2 Å². The van der Waals surface area contributed by atoms with Gasteiger partial charge >= 0.3 is 0 Å². The van der Waals surface area contributed by atoms with E-state index in [1.807, 2.05) is 23.1 Å². The van der Waals surface area contributed by atoms with Crippen LogP contribution in [0.2, 0.25) is 0 Å². The van der Waals surface area contributed by atoms with Crippen LogP contribution in [0.15, 0.2) is 29.3 Å². The first-order valence-corrected chi connectivity index (χ1v) is 11.0. The Morgan fingerprint density at radius 1 is 1.23 bits per heavy atom. The Bertz CT molecular complexity index is 671. The van der Waals surface area contributed by atoms with Crippen LogP contribution in [0.1, 0.15) is 52.0 Å². The van der Waals surface area contributed by atoms with Gasteiger partial charge < -0.3 is 20.3 Å². The van der Waals surface area contributed by atoms with Crippen molar-refractivity contribution in [2.24, 2.45) is 10.9 Å². The number of carbonyl (C=O) groups is 1. The van der Waals surface area contributed by atoms with E-state index in [4.69, 9.17) is 4.74 Å². The second-order valence-electron chi connectivity index (χ2n) is 7.90. The van der Waals surface area contributed by atoms with Crippen LogP contribution in [0, 0.1) is 12.8 Å². The standard InChI is InChI=1S/C23H38N4O2.HI/c1-6-19(7-2)22(28)27-14-12-20(13-15-27)26-23(24-5)25-16-18(4)29-21-11-9-8-10-17(21)3;/h8-11,18-20H,6-7,12-16H2,1-5H3,(H2,24,25,26);1H. The molecule has 170 valence electrons. The summed E-state index contributed by atoms with van der Waals surface area (Å²) >= 11 is 0. The molecule has 1 unspecified atom stereocenters. The van der Waals surface area contributed by atoms with Crippen LogP contribution >= 0.6 is 24.0 Å². The zero-order valence-corrected chi connectivity index (χ0v) is 21.4. The van der Waals surface area contributed by atoms with E-state index in [9.17, 15) is 4.79 Å². The van der Waals surface area contributed by atoms with Gasteiger partial charge in [0.25, 0.3) is 0 Å². The first-order chi connectivity index (χ1) is 14.0. The van der Waals surface area contributed by atoms with Crippen LogP contribution in [0.3, 0.4) is 0 Å². The molecule has 0 bridgehead atoms. The van der Waals surface area contributed by atoms with Crippen LogP contribution < -0.4 is 15.4 Å². The fraction of sp³-hybridized carbons (Fsp3) is 0.652. The lowest BCUT2D eigenvalue weighted by atomic mass is 9.98. The molecule has 1 aliphatic rings. The molecule has 0 aromatic heterocycles. The van der Waals surface area contributed by atoms with Crippen molar-refractivity contribution < 1.29 is 9.53 Å². The minimum atomic E-state index is 0. The Morgan fingerprint density at radius 3 is 2.43 bits per heavy atom. The number of guanidine groups is 1. The van der Waals surface area contributed by atoms with Crippen molar-refractivity contribution in [1.82, 2.24) is 15.5 Å². The molecule has 1 atom stereocenters. The van der Waals surface area contributed by atoms with E-state index in [0.29, 0.717) is 18.5 Å². The SMILES string of the molecule is CCC(CC)C(=O)N1CCC(NC(=NC)NCC(C)Oc2ccccc2C)CC1.I. The zero-order valence-electron chi connectivity index (χ0n) is 19.1. The lowest BCUT2D eigenvalue weighted by Gasteiger charge is -2.35. The van der Waals surface area contributed by atoms with Gasteiger partial charge in [0.15, 0.2) is 5.96 Å². The molecule has 1 saturated heterocycles. The highest BCUT2D eigenvalue weighted by Gasteiger charge is 2.26. The summed E-state index contributed by atoms with van der Waals surface area (Å²) < 4.78 is 6.02. The second-order valence-corrected chi connectivity index (χ2v) is 7.90. The summed E-state index contributed by atoms with van der Waals surface area (Å²) in [4.78, 5) is 18.9. The molecule has 0 saturated carbocycles. The molecule has 30 heavy (non-hydrogen) atoms. The highest BCUT2D eigenvalue weighted by molar-refractivity contribution is 14.0. The largest absolute Gasteiger partial charge is 0.489 e. The Morgan fingerprint density at radius 2 is 1.87 bits per heavy atom. The Labute approximate surface area is 199 Å². The van der Waals surface area contributed by atoms with E-state index in [0.717, 1.165) is 56.0 Å². The number of rotatable bonds is 8. The van der Waals surface area contributed by atoms with Crippen molar-refractivity contribution in [2.75, 3.05) is 26.7 Å². The normalized spacial score (nSPS) is 16.1. The number of likely N-dealkylation sites (tertiary alicyclic amines) is 1. The predicted octanol–water partition coefficient (Wildman–Crippen LogP) is 3.97. The molecule has 1 heterocycles. The lowest BCUT2D eigenvalue weighted by molar-refractivity contribution is -0.136. The highest BCUT2D eigenvalue weighted by Crippen LogP contribution is 2.18. The number of hydrogen-bond acceptors (Lipinski definition) is 3. The second kappa shape index (κ2) is 13.7.